The molecule has 0 radical (unpaired) electrons. The van der Waals surface area contributed by atoms with Gasteiger partial charge in [-0.2, -0.15) is 0 Å². The summed E-state index contributed by atoms with van der Waals surface area (Å²) in [5, 5.41) is 43.1. The number of carbonyl (C=O) groups is 3. The number of rotatable bonds is 4. The molecule has 2 aromatic carbocycles. The van der Waals surface area contributed by atoms with Gasteiger partial charge < -0.3 is 34.6 Å². The molecule has 2 aliphatic rings. The largest absolute Gasteiger partial charge is 0.507 e. The second-order valence-corrected chi connectivity index (χ2v) is 8.97. The van der Waals surface area contributed by atoms with E-state index in [1.807, 2.05) is 0 Å². The zero-order valence-corrected chi connectivity index (χ0v) is 19.7. The number of allylic oxidation sites excluding steroid dienone is 1. The van der Waals surface area contributed by atoms with Gasteiger partial charge in [-0.25, -0.2) is 4.79 Å². The van der Waals surface area contributed by atoms with Gasteiger partial charge in [0.2, 0.25) is 12.1 Å². The maximum absolute atomic E-state index is 13.2. The first-order valence-corrected chi connectivity index (χ1v) is 11.2. The van der Waals surface area contributed by atoms with Gasteiger partial charge in [0.1, 0.15) is 23.7 Å². The molecule has 5 atom stereocenters. The van der Waals surface area contributed by atoms with Crippen LogP contribution in [-0.4, -0.2) is 68.9 Å². The van der Waals surface area contributed by atoms with Crippen molar-refractivity contribution in [1.82, 2.24) is 0 Å². The quantitative estimate of drug-likeness (QED) is 0.361. The molecule has 1 heterocycles. The molecule has 10 nitrogen and oxygen atoms in total. The molecular formula is C26H26O10. The molecule has 10 heteroatoms. The maximum atomic E-state index is 13.2. The van der Waals surface area contributed by atoms with Crippen molar-refractivity contribution in [2.24, 2.45) is 0 Å². The zero-order chi connectivity index (χ0) is 26.3. The molecule has 4 rings (SSSR count). The third-order valence-electron chi connectivity index (χ3n) is 6.12. The Hall–Kier alpha value is -3.73. The number of aliphatic hydroxyl groups is 2. The Kier molecular flexibility index (Phi) is 6.85. The first-order chi connectivity index (χ1) is 17.0. The van der Waals surface area contributed by atoms with Gasteiger partial charge in [-0.1, -0.05) is 29.8 Å². The number of phenolic OH excluding ortho intramolecular Hbond substituents is 2. The number of benzene rings is 2. The lowest BCUT2D eigenvalue weighted by Gasteiger charge is -2.45. The summed E-state index contributed by atoms with van der Waals surface area (Å²) in [4.78, 5) is 37.3. The lowest BCUT2D eigenvalue weighted by atomic mass is 9.72. The number of fused-ring (bicyclic) bond motifs is 2. The van der Waals surface area contributed by atoms with Crippen molar-refractivity contribution < 1.29 is 49.0 Å². The SMILES string of the molecule is CC(=O)OC1OC(C2c3cccc(O)c3C(=O)c3c(O)cccc32)C(O)C(OC(=O)C=C(C)C)C1O. The van der Waals surface area contributed by atoms with Gasteiger partial charge in [0.05, 0.1) is 11.1 Å². The highest BCUT2D eigenvalue weighted by Crippen LogP contribution is 2.47. The minimum atomic E-state index is -1.73. The summed E-state index contributed by atoms with van der Waals surface area (Å²) in [6.07, 6.45) is -6.76. The standard InChI is InChI=1S/C26H26O10/c1-11(2)10-17(30)35-25-22(32)24(36-26(23(25)33)34-12(3)27)18-13-6-4-8-15(28)19(13)21(31)20-14(18)7-5-9-16(20)29/h4-10,18,22-26,28-29,32-33H,1-3H3. The van der Waals surface area contributed by atoms with Crippen LogP contribution in [0.4, 0.5) is 0 Å². The van der Waals surface area contributed by atoms with E-state index < -0.39 is 54.3 Å². The van der Waals surface area contributed by atoms with Gasteiger partial charge in [0.25, 0.3) is 0 Å². The van der Waals surface area contributed by atoms with Gasteiger partial charge in [-0.05, 0) is 37.1 Å². The number of ether oxygens (including phenoxy) is 3. The van der Waals surface area contributed by atoms with Crippen molar-refractivity contribution in [2.45, 2.75) is 57.4 Å². The molecule has 0 saturated carbocycles. The smallest absolute Gasteiger partial charge is 0.331 e. The lowest BCUT2D eigenvalue weighted by molar-refractivity contribution is -0.291. The van der Waals surface area contributed by atoms with Crippen molar-refractivity contribution in [3.05, 3.63) is 70.3 Å². The van der Waals surface area contributed by atoms with Crippen molar-refractivity contribution in [2.75, 3.05) is 0 Å². The fraction of sp³-hybridized carbons (Fsp3) is 0.346. The Bertz CT molecular complexity index is 1190. The molecule has 36 heavy (non-hydrogen) atoms. The van der Waals surface area contributed by atoms with Crippen LogP contribution in [0.5, 0.6) is 11.5 Å². The molecule has 1 aliphatic carbocycles. The van der Waals surface area contributed by atoms with Crippen LogP contribution in [0, 0.1) is 0 Å². The maximum Gasteiger partial charge on any atom is 0.331 e. The van der Waals surface area contributed by atoms with Crippen LogP contribution in [0.2, 0.25) is 0 Å². The highest BCUT2D eigenvalue weighted by atomic mass is 16.7. The molecule has 0 aromatic heterocycles. The Morgan fingerprint density at radius 3 is 1.94 bits per heavy atom. The van der Waals surface area contributed by atoms with Crippen LogP contribution < -0.4 is 0 Å². The normalized spacial score (nSPS) is 25.4. The summed E-state index contributed by atoms with van der Waals surface area (Å²) in [7, 11) is 0. The first kappa shape index (κ1) is 25.4. The topological polar surface area (TPSA) is 160 Å². The van der Waals surface area contributed by atoms with Crippen LogP contribution in [-0.2, 0) is 23.8 Å². The van der Waals surface area contributed by atoms with Crippen molar-refractivity contribution in [3.8, 4) is 11.5 Å². The molecule has 190 valence electrons. The molecule has 0 amide bonds. The van der Waals surface area contributed by atoms with Crippen LogP contribution in [0.15, 0.2) is 48.0 Å². The average Bonchev–Trinajstić information content (AvgIpc) is 2.78. The predicted octanol–water partition coefficient (Wildman–Crippen LogP) is 1.66. The van der Waals surface area contributed by atoms with Gasteiger partial charge in [-0.3, -0.25) is 9.59 Å². The second-order valence-electron chi connectivity index (χ2n) is 8.97. The molecule has 1 fully saturated rings. The fourth-order valence-electron chi connectivity index (χ4n) is 4.71. The van der Waals surface area contributed by atoms with Gasteiger partial charge in [0, 0.05) is 18.9 Å². The van der Waals surface area contributed by atoms with Crippen molar-refractivity contribution >= 4 is 17.7 Å². The van der Waals surface area contributed by atoms with E-state index in [0.717, 1.165) is 6.92 Å². The van der Waals surface area contributed by atoms with Gasteiger partial charge >= 0.3 is 11.9 Å². The number of aliphatic hydroxyl groups excluding tert-OH is 2. The van der Waals surface area contributed by atoms with Crippen LogP contribution in [0.3, 0.4) is 0 Å². The first-order valence-electron chi connectivity index (χ1n) is 11.2. The lowest BCUT2D eigenvalue weighted by Crippen LogP contribution is -2.61. The van der Waals surface area contributed by atoms with E-state index in [2.05, 4.69) is 0 Å². The predicted molar refractivity (Wildman–Crippen MR) is 123 cm³/mol. The van der Waals surface area contributed by atoms with Gasteiger partial charge in [0.15, 0.2) is 12.2 Å². The highest BCUT2D eigenvalue weighted by molar-refractivity contribution is 6.16. The minimum Gasteiger partial charge on any atom is -0.507 e. The van der Waals surface area contributed by atoms with E-state index in [4.69, 9.17) is 14.2 Å². The number of phenols is 2. The van der Waals surface area contributed by atoms with Crippen molar-refractivity contribution in [1.29, 1.82) is 0 Å². The van der Waals surface area contributed by atoms with E-state index in [0.29, 0.717) is 5.57 Å². The monoisotopic (exact) mass is 498 g/mol. The third kappa shape index (κ3) is 4.46. The number of aromatic hydroxyl groups is 2. The number of hydrogen-bond acceptors (Lipinski definition) is 10. The second kappa shape index (κ2) is 9.73. The van der Waals surface area contributed by atoms with E-state index in [-0.39, 0.29) is 33.8 Å². The Morgan fingerprint density at radius 2 is 1.44 bits per heavy atom. The van der Waals surface area contributed by atoms with Crippen molar-refractivity contribution in [3.63, 3.8) is 0 Å². The Morgan fingerprint density at radius 1 is 0.889 bits per heavy atom. The van der Waals surface area contributed by atoms with E-state index in [1.165, 1.54) is 30.3 Å². The summed E-state index contributed by atoms with van der Waals surface area (Å²) < 4.78 is 16.3. The summed E-state index contributed by atoms with van der Waals surface area (Å²) >= 11 is 0. The zero-order valence-electron chi connectivity index (χ0n) is 19.7. The summed E-state index contributed by atoms with van der Waals surface area (Å²) in [5.41, 5.74) is 0.966. The average molecular weight is 498 g/mol. The molecule has 1 aliphatic heterocycles. The Labute approximate surface area is 206 Å². The minimum absolute atomic E-state index is 0.0967. The van der Waals surface area contributed by atoms with E-state index in [1.54, 1.807) is 26.0 Å². The summed E-state index contributed by atoms with van der Waals surface area (Å²) in [6.45, 7) is 4.42. The van der Waals surface area contributed by atoms with E-state index >= 15 is 0 Å². The Balaban J connectivity index is 1.86. The molecule has 5 unspecified atom stereocenters. The number of ketones is 1. The van der Waals surface area contributed by atoms with Crippen LogP contribution >= 0.6 is 0 Å². The van der Waals surface area contributed by atoms with Crippen LogP contribution in [0.1, 0.15) is 53.7 Å². The molecule has 0 bridgehead atoms. The highest BCUT2D eigenvalue weighted by Gasteiger charge is 2.53. The van der Waals surface area contributed by atoms with Gasteiger partial charge in [-0.15, -0.1) is 0 Å². The van der Waals surface area contributed by atoms with Crippen LogP contribution in [0.25, 0.3) is 0 Å². The summed E-state index contributed by atoms with van der Waals surface area (Å²) in [5.74, 6) is -3.93. The fourth-order valence-corrected chi connectivity index (χ4v) is 4.71. The summed E-state index contributed by atoms with van der Waals surface area (Å²) in [6, 6.07) is 8.73. The molecule has 2 aromatic rings. The molecule has 4 N–H and O–H groups in total. The molecule has 1 saturated heterocycles. The van der Waals surface area contributed by atoms with E-state index in [9.17, 15) is 34.8 Å². The molecular weight excluding hydrogens is 472 g/mol. The number of esters is 2. The molecule has 0 spiro atoms. The third-order valence-corrected chi connectivity index (χ3v) is 6.12. The number of carbonyl (C=O) groups excluding carboxylic acids is 3. The number of hydrogen-bond donors (Lipinski definition) is 4.